The average molecular weight is 383 g/mol. The van der Waals surface area contributed by atoms with Gasteiger partial charge in [0, 0.05) is 19.5 Å². The SMILES string of the molecule is CCCN(CCC(=O)NC(C)c1ccccc1)C(=O)Cc1ccc(OC)cc1. The number of hydrogen-bond donors (Lipinski definition) is 1. The van der Waals surface area contributed by atoms with Crippen LogP contribution in [0.1, 0.15) is 43.9 Å². The summed E-state index contributed by atoms with van der Waals surface area (Å²) < 4.78 is 5.15. The molecule has 2 aromatic carbocycles. The topological polar surface area (TPSA) is 58.6 Å². The minimum Gasteiger partial charge on any atom is -0.497 e. The van der Waals surface area contributed by atoms with Crippen molar-refractivity contribution in [3.63, 3.8) is 0 Å². The van der Waals surface area contributed by atoms with Gasteiger partial charge in [-0.3, -0.25) is 9.59 Å². The first-order valence-electron chi connectivity index (χ1n) is 9.78. The lowest BCUT2D eigenvalue weighted by Crippen LogP contribution is -2.37. The summed E-state index contributed by atoms with van der Waals surface area (Å²) in [6.07, 6.45) is 1.48. The third kappa shape index (κ3) is 6.72. The Labute approximate surface area is 167 Å². The number of methoxy groups -OCH3 is 1. The summed E-state index contributed by atoms with van der Waals surface area (Å²) in [5.74, 6) is 0.761. The summed E-state index contributed by atoms with van der Waals surface area (Å²) in [4.78, 5) is 26.8. The molecule has 28 heavy (non-hydrogen) atoms. The van der Waals surface area contributed by atoms with Crippen molar-refractivity contribution in [1.29, 1.82) is 0 Å². The fourth-order valence-electron chi connectivity index (χ4n) is 3.04. The molecule has 1 unspecified atom stereocenters. The summed E-state index contributed by atoms with van der Waals surface area (Å²) >= 11 is 0. The maximum Gasteiger partial charge on any atom is 0.227 e. The van der Waals surface area contributed by atoms with Crippen LogP contribution in [-0.4, -0.2) is 36.9 Å². The molecule has 2 aromatic rings. The van der Waals surface area contributed by atoms with Gasteiger partial charge in [0.05, 0.1) is 19.6 Å². The van der Waals surface area contributed by atoms with Crippen molar-refractivity contribution >= 4 is 11.8 Å². The van der Waals surface area contributed by atoms with Gasteiger partial charge in [0.25, 0.3) is 0 Å². The minimum atomic E-state index is -0.0525. The predicted octanol–water partition coefficient (Wildman–Crippen LogP) is 3.74. The van der Waals surface area contributed by atoms with E-state index in [2.05, 4.69) is 5.32 Å². The van der Waals surface area contributed by atoms with Gasteiger partial charge in [-0.2, -0.15) is 0 Å². The highest BCUT2D eigenvalue weighted by Gasteiger charge is 2.16. The first-order chi connectivity index (χ1) is 13.5. The van der Waals surface area contributed by atoms with Crippen molar-refractivity contribution in [1.82, 2.24) is 10.2 Å². The van der Waals surface area contributed by atoms with Gasteiger partial charge in [-0.1, -0.05) is 49.4 Å². The van der Waals surface area contributed by atoms with Crippen molar-refractivity contribution in [2.45, 2.75) is 39.2 Å². The zero-order chi connectivity index (χ0) is 20.4. The molecule has 0 saturated heterocycles. The maximum absolute atomic E-state index is 12.7. The highest BCUT2D eigenvalue weighted by Crippen LogP contribution is 2.13. The second kappa shape index (κ2) is 11.1. The number of carbonyl (C=O) groups excluding carboxylic acids is 2. The van der Waals surface area contributed by atoms with E-state index in [0.29, 0.717) is 25.9 Å². The number of amides is 2. The summed E-state index contributed by atoms with van der Waals surface area (Å²) in [6.45, 7) is 5.07. The molecule has 2 amide bonds. The van der Waals surface area contributed by atoms with E-state index >= 15 is 0 Å². The van der Waals surface area contributed by atoms with Crippen LogP contribution in [-0.2, 0) is 16.0 Å². The highest BCUT2D eigenvalue weighted by molar-refractivity contribution is 5.80. The Morgan fingerprint density at radius 1 is 1.04 bits per heavy atom. The zero-order valence-corrected chi connectivity index (χ0v) is 17.0. The van der Waals surface area contributed by atoms with E-state index in [1.807, 2.05) is 68.4 Å². The third-order valence-corrected chi connectivity index (χ3v) is 4.65. The Morgan fingerprint density at radius 2 is 1.71 bits per heavy atom. The van der Waals surface area contributed by atoms with Gasteiger partial charge >= 0.3 is 0 Å². The number of ether oxygens (including phenoxy) is 1. The zero-order valence-electron chi connectivity index (χ0n) is 17.0. The highest BCUT2D eigenvalue weighted by atomic mass is 16.5. The molecule has 0 bridgehead atoms. The number of nitrogens with zero attached hydrogens (tertiary/aromatic N) is 1. The molecule has 2 rings (SSSR count). The molecule has 1 atom stereocenters. The molecule has 0 radical (unpaired) electrons. The first kappa shape index (κ1) is 21.5. The average Bonchev–Trinajstić information content (AvgIpc) is 2.72. The molecule has 0 aromatic heterocycles. The Hall–Kier alpha value is -2.82. The summed E-state index contributed by atoms with van der Waals surface area (Å²) in [5.41, 5.74) is 2.01. The van der Waals surface area contributed by atoms with Gasteiger partial charge in [0.1, 0.15) is 5.75 Å². The van der Waals surface area contributed by atoms with E-state index in [4.69, 9.17) is 4.74 Å². The van der Waals surface area contributed by atoms with Crippen LogP contribution >= 0.6 is 0 Å². The van der Waals surface area contributed by atoms with E-state index < -0.39 is 0 Å². The second-order valence-corrected chi connectivity index (χ2v) is 6.86. The van der Waals surface area contributed by atoms with Crippen LogP contribution in [0.25, 0.3) is 0 Å². The van der Waals surface area contributed by atoms with Gasteiger partial charge in [0.2, 0.25) is 11.8 Å². The van der Waals surface area contributed by atoms with Crippen LogP contribution in [0.15, 0.2) is 54.6 Å². The molecule has 0 aliphatic heterocycles. The Kier molecular flexibility index (Phi) is 8.53. The van der Waals surface area contributed by atoms with Gasteiger partial charge < -0.3 is 15.0 Å². The molecular formula is C23H30N2O3. The molecule has 5 nitrogen and oxygen atoms in total. The molecule has 150 valence electrons. The van der Waals surface area contributed by atoms with Gasteiger partial charge in [0.15, 0.2) is 0 Å². The monoisotopic (exact) mass is 382 g/mol. The van der Waals surface area contributed by atoms with Crippen LogP contribution < -0.4 is 10.1 Å². The Bertz CT molecular complexity index is 744. The lowest BCUT2D eigenvalue weighted by Gasteiger charge is -2.23. The van der Waals surface area contributed by atoms with Gasteiger partial charge in [-0.25, -0.2) is 0 Å². The molecule has 0 fully saturated rings. The van der Waals surface area contributed by atoms with E-state index in [1.165, 1.54) is 0 Å². The van der Waals surface area contributed by atoms with Crippen molar-refractivity contribution < 1.29 is 14.3 Å². The number of hydrogen-bond acceptors (Lipinski definition) is 3. The van der Waals surface area contributed by atoms with E-state index in [9.17, 15) is 9.59 Å². The summed E-state index contributed by atoms with van der Waals surface area (Å²) in [5, 5.41) is 3.00. The standard InChI is InChI=1S/C23H30N2O3/c1-4-15-25(23(27)17-19-10-12-21(28-3)13-11-19)16-14-22(26)24-18(2)20-8-6-5-7-9-20/h5-13,18H,4,14-17H2,1-3H3,(H,24,26). The maximum atomic E-state index is 12.7. The van der Waals surface area contributed by atoms with Crippen molar-refractivity contribution in [3.8, 4) is 5.75 Å². The quantitative estimate of drug-likeness (QED) is 0.681. The Morgan fingerprint density at radius 3 is 2.32 bits per heavy atom. The van der Waals surface area contributed by atoms with E-state index in [1.54, 1.807) is 12.0 Å². The molecule has 0 heterocycles. The Balaban J connectivity index is 1.86. The minimum absolute atomic E-state index is 0.0379. The number of rotatable bonds is 10. The van der Waals surface area contributed by atoms with Crippen LogP contribution in [0.2, 0.25) is 0 Å². The largest absolute Gasteiger partial charge is 0.497 e. The van der Waals surface area contributed by atoms with Crippen LogP contribution in [0, 0.1) is 0 Å². The third-order valence-electron chi connectivity index (χ3n) is 4.65. The normalized spacial score (nSPS) is 11.5. The van der Waals surface area contributed by atoms with E-state index in [0.717, 1.165) is 23.3 Å². The molecule has 0 aliphatic carbocycles. The number of carbonyl (C=O) groups is 2. The molecular weight excluding hydrogens is 352 g/mol. The molecule has 1 N–H and O–H groups in total. The van der Waals surface area contributed by atoms with Crippen LogP contribution in [0.4, 0.5) is 0 Å². The number of nitrogens with one attached hydrogen (secondary N) is 1. The van der Waals surface area contributed by atoms with Crippen molar-refractivity contribution in [2.24, 2.45) is 0 Å². The fourth-order valence-corrected chi connectivity index (χ4v) is 3.04. The lowest BCUT2D eigenvalue weighted by molar-refractivity contribution is -0.131. The number of benzene rings is 2. The van der Waals surface area contributed by atoms with Crippen molar-refractivity contribution in [2.75, 3.05) is 20.2 Å². The lowest BCUT2D eigenvalue weighted by atomic mass is 10.1. The molecule has 0 spiro atoms. The van der Waals surface area contributed by atoms with E-state index in [-0.39, 0.29) is 17.9 Å². The summed E-state index contributed by atoms with van der Waals surface area (Å²) in [6, 6.07) is 17.3. The van der Waals surface area contributed by atoms with Crippen LogP contribution in [0.3, 0.4) is 0 Å². The molecule has 0 saturated carbocycles. The van der Waals surface area contributed by atoms with Gasteiger partial charge in [-0.15, -0.1) is 0 Å². The second-order valence-electron chi connectivity index (χ2n) is 6.86. The summed E-state index contributed by atoms with van der Waals surface area (Å²) in [7, 11) is 1.62. The van der Waals surface area contributed by atoms with Gasteiger partial charge in [-0.05, 0) is 36.6 Å². The smallest absolute Gasteiger partial charge is 0.227 e. The molecule has 0 aliphatic rings. The fraction of sp³-hybridized carbons (Fsp3) is 0.391. The van der Waals surface area contributed by atoms with Crippen molar-refractivity contribution in [3.05, 3.63) is 65.7 Å². The van der Waals surface area contributed by atoms with Crippen LogP contribution in [0.5, 0.6) is 5.75 Å². The first-order valence-corrected chi connectivity index (χ1v) is 9.78. The molecule has 5 heteroatoms. The predicted molar refractivity (Wildman–Crippen MR) is 111 cm³/mol.